The van der Waals surface area contributed by atoms with Crippen LogP contribution in [0.2, 0.25) is 0 Å². The van der Waals surface area contributed by atoms with Crippen LogP contribution in [0.25, 0.3) is 0 Å². The molecule has 1 aliphatic rings. The number of nitrogens with one attached hydrogen (secondary N) is 2. The molecule has 0 spiro atoms. The van der Waals surface area contributed by atoms with E-state index in [1.165, 1.54) is 12.7 Å². The molecule has 2 rings (SSSR count). The zero-order chi connectivity index (χ0) is 13.7. The van der Waals surface area contributed by atoms with Crippen LogP contribution in [0.5, 0.6) is 0 Å². The number of hydrogen-bond acceptors (Lipinski definition) is 4. The fraction of sp³-hybridized carbons (Fsp3) is 0.538. The van der Waals surface area contributed by atoms with Crippen molar-refractivity contribution in [2.75, 3.05) is 31.5 Å². The zero-order valence-electron chi connectivity index (χ0n) is 11.0. The third kappa shape index (κ3) is 3.76. The third-order valence-electron chi connectivity index (χ3n) is 3.43. The second-order valence-corrected chi connectivity index (χ2v) is 5.77. The van der Waals surface area contributed by atoms with Crippen LogP contribution in [0, 0.1) is 0 Å². The third-order valence-corrected chi connectivity index (χ3v) is 4.14. The SMILES string of the molecule is COS(=O)Nc1cccc(C2(CNCCO)CC2)c1. The van der Waals surface area contributed by atoms with Crippen LogP contribution in [0.1, 0.15) is 18.4 Å². The lowest BCUT2D eigenvalue weighted by Gasteiger charge is -2.17. The second-order valence-electron chi connectivity index (χ2n) is 4.76. The summed E-state index contributed by atoms with van der Waals surface area (Å²) in [6, 6.07) is 7.94. The van der Waals surface area contributed by atoms with E-state index in [-0.39, 0.29) is 12.0 Å². The Hall–Kier alpha value is -0.950. The molecular formula is C13H20N2O3S. The Morgan fingerprint density at radius 2 is 2.26 bits per heavy atom. The monoisotopic (exact) mass is 284 g/mol. The van der Waals surface area contributed by atoms with Crippen molar-refractivity contribution >= 4 is 17.0 Å². The highest BCUT2D eigenvalue weighted by Crippen LogP contribution is 2.48. The zero-order valence-corrected chi connectivity index (χ0v) is 11.8. The Balaban J connectivity index is 2.04. The van der Waals surface area contributed by atoms with E-state index < -0.39 is 11.3 Å². The second kappa shape index (κ2) is 6.47. The standard InChI is InChI=1S/C13H20N2O3S/c1-18-19(17)15-12-4-2-3-11(9-12)13(5-6-13)10-14-7-8-16/h2-4,9,14-16H,5-8,10H2,1H3. The van der Waals surface area contributed by atoms with Crippen molar-refractivity contribution in [1.29, 1.82) is 0 Å². The van der Waals surface area contributed by atoms with E-state index in [4.69, 9.17) is 9.29 Å². The Labute approximate surface area is 116 Å². The molecule has 6 heteroatoms. The van der Waals surface area contributed by atoms with E-state index in [1.54, 1.807) is 0 Å². The molecule has 0 radical (unpaired) electrons. The van der Waals surface area contributed by atoms with Gasteiger partial charge in [0, 0.05) is 24.2 Å². The van der Waals surface area contributed by atoms with E-state index >= 15 is 0 Å². The summed E-state index contributed by atoms with van der Waals surface area (Å²) in [4.78, 5) is 0. The molecule has 0 amide bonds. The van der Waals surface area contributed by atoms with E-state index in [0.717, 1.165) is 25.1 Å². The average molecular weight is 284 g/mol. The first kappa shape index (κ1) is 14.5. The quantitative estimate of drug-likeness (QED) is 0.621. The van der Waals surface area contributed by atoms with Crippen LogP contribution in [0.3, 0.4) is 0 Å². The number of rotatable bonds is 8. The normalized spacial score (nSPS) is 18.0. The van der Waals surface area contributed by atoms with Gasteiger partial charge in [-0.05, 0) is 30.5 Å². The van der Waals surface area contributed by atoms with Gasteiger partial charge < -0.3 is 10.4 Å². The first-order chi connectivity index (χ1) is 9.20. The average Bonchev–Trinajstić information content (AvgIpc) is 3.20. The highest BCUT2D eigenvalue weighted by atomic mass is 32.2. The summed E-state index contributed by atoms with van der Waals surface area (Å²) in [5, 5.41) is 12.1. The molecule has 1 aromatic carbocycles. The van der Waals surface area contributed by atoms with Crippen LogP contribution in [0.4, 0.5) is 5.69 Å². The van der Waals surface area contributed by atoms with Gasteiger partial charge in [0.2, 0.25) is 0 Å². The number of aliphatic hydroxyl groups excluding tert-OH is 1. The fourth-order valence-corrected chi connectivity index (χ4v) is 2.58. The molecule has 0 aliphatic heterocycles. The van der Waals surface area contributed by atoms with Crippen molar-refractivity contribution in [2.24, 2.45) is 0 Å². The molecule has 1 aliphatic carbocycles. The summed E-state index contributed by atoms with van der Waals surface area (Å²) in [5.74, 6) is 0. The minimum Gasteiger partial charge on any atom is -0.395 e. The first-order valence-electron chi connectivity index (χ1n) is 6.35. The predicted octanol–water partition coefficient (Wildman–Crippen LogP) is 0.937. The summed E-state index contributed by atoms with van der Waals surface area (Å²) < 4.78 is 18.8. The van der Waals surface area contributed by atoms with Crippen molar-refractivity contribution in [3.8, 4) is 0 Å². The number of aliphatic hydroxyl groups is 1. The van der Waals surface area contributed by atoms with E-state index in [2.05, 4.69) is 16.1 Å². The molecular weight excluding hydrogens is 264 g/mol. The van der Waals surface area contributed by atoms with Crippen LogP contribution in [-0.2, 0) is 20.9 Å². The molecule has 0 bridgehead atoms. The summed E-state index contributed by atoms with van der Waals surface area (Å²) in [7, 11) is 1.40. The van der Waals surface area contributed by atoms with E-state index in [0.29, 0.717) is 6.54 Å². The summed E-state index contributed by atoms with van der Waals surface area (Å²) in [5.41, 5.74) is 2.20. The Bertz CT molecular complexity index is 449. The molecule has 1 aromatic rings. The van der Waals surface area contributed by atoms with Crippen molar-refractivity contribution < 1.29 is 13.5 Å². The maximum Gasteiger partial charge on any atom is 0.261 e. The van der Waals surface area contributed by atoms with Crippen LogP contribution < -0.4 is 10.0 Å². The smallest absolute Gasteiger partial charge is 0.261 e. The maximum atomic E-state index is 11.3. The highest BCUT2D eigenvalue weighted by Gasteiger charge is 2.43. The Morgan fingerprint density at radius 3 is 2.89 bits per heavy atom. The van der Waals surface area contributed by atoms with E-state index in [9.17, 15) is 4.21 Å². The summed E-state index contributed by atoms with van der Waals surface area (Å²) in [6.07, 6.45) is 2.28. The van der Waals surface area contributed by atoms with Crippen molar-refractivity contribution in [3.05, 3.63) is 29.8 Å². The number of benzene rings is 1. The summed E-state index contributed by atoms with van der Waals surface area (Å²) in [6.45, 7) is 1.64. The highest BCUT2D eigenvalue weighted by molar-refractivity contribution is 7.81. The van der Waals surface area contributed by atoms with Crippen LogP contribution >= 0.6 is 0 Å². The largest absolute Gasteiger partial charge is 0.395 e. The molecule has 3 N–H and O–H groups in total. The predicted molar refractivity (Wildman–Crippen MR) is 76.1 cm³/mol. The van der Waals surface area contributed by atoms with Gasteiger partial charge in [-0.1, -0.05) is 12.1 Å². The van der Waals surface area contributed by atoms with Gasteiger partial charge in [0.25, 0.3) is 11.3 Å². The minimum absolute atomic E-state index is 0.157. The Kier molecular flexibility index (Phi) is 4.93. The topological polar surface area (TPSA) is 70.6 Å². The summed E-state index contributed by atoms with van der Waals surface area (Å²) >= 11 is -1.50. The van der Waals surface area contributed by atoms with Gasteiger partial charge in [0.05, 0.1) is 13.7 Å². The molecule has 0 aromatic heterocycles. The van der Waals surface area contributed by atoms with Gasteiger partial charge in [0.1, 0.15) is 0 Å². The lowest BCUT2D eigenvalue weighted by molar-refractivity contribution is 0.290. The van der Waals surface area contributed by atoms with Gasteiger partial charge in [-0.25, -0.2) is 4.21 Å². The molecule has 0 saturated heterocycles. The molecule has 106 valence electrons. The van der Waals surface area contributed by atoms with Gasteiger partial charge in [-0.15, -0.1) is 0 Å². The number of hydrogen-bond donors (Lipinski definition) is 3. The van der Waals surface area contributed by atoms with Crippen molar-refractivity contribution in [1.82, 2.24) is 5.32 Å². The fourth-order valence-electron chi connectivity index (χ4n) is 2.18. The van der Waals surface area contributed by atoms with Gasteiger partial charge in [-0.3, -0.25) is 8.91 Å². The number of anilines is 1. The van der Waals surface area contributed by atoms with Gasteiger partial charge in [-0.2, -0.15) is 0 Å². The first-order valence-corrected chi connectivity index (χ1v) is 7.43. The molecule has 1 saturated carbocycles. The molecule has 0 heterocycles. The lowest BCUT2D eigenvalue weighted by atomic mass is 9.95. The lowest BCUT2D eigenvalue weighted by Crippen LogP contribution is -2.29. The molecule has 1 fully saturated rings. The van der Waals surface area contributed by atoms with Crippen LogP contribution in [-0.4, -0.2) is 36.1 Å². The van der Waals surface area contributed by atoms with Crippen molar-refractivity contribution in [3.63, 3.8) is 0 Å². The molecule has 1 unspecified atom stereocenters. The van der Waals surface area contributed by atoms with Crippen molar-refractivity contribution in [2.45, 2.75) is 18.3 Å². The van der Waals surface area contributed by atoms with Crippen LogP contribution in [0.15, 0.2) is 24.3 Å². The molecule has 1 atom stereocenters. The minimum atomic E-state index is -1.50. The van der Waals surface area contributed by atoms with Gasteiger partial charge >= 0.3 is 0 Å². The van der Waals surface area contributed by atoms with E-state index in [1.807, 2.05) is 18.2 Å². The maximum absolute atomic E-state index is 11.3. The Morgan fingerprint density at radius 1 is 1.47 bits per heavy atom. The molecule has 19 heavy (non-hydrogen) atoms. The van der Waals surface area contributed by atoms with Gasteiger partial charge in [0.15, 0.2) is 0 Å². The molecule has 5 nitrogen and oxygen atoms in total.